The smallest absolute Gasteiger partial charge is 0.259 e. The number of phenols is 1. The second-order valence-electron chi connectivity index (χ2n) is 4.52. The third-order valence-electron chi connectivity index (χ3n) is 2.84. The summed E-state index contributed by atoms with van der Waals surface area (Å²) in [7, 11) is -3.96. The Hall–Kier alpha value is -2.38. The van der Waals surface area contributed by atoms with Crippen LogP contribution in [0.2, 0.25) is 0 Å². The number of phenolic OH excluding ortho intramolecular Hbond substituents is 1. The third-order valence-corrected chi connectivity index (χ3v) is 3.81. The molecule has 4 N–H and O–H groups in total. The zero-order valence-electron chi connectivity index (χ0n) is 11.2. The number of para-hydroxylation sites is 1. The van der Waals surface area contributed by atoms with Crippen LogP contribution in [0.25, 0.3) is 0 Å². The van der Waals surface area contributed by atoms with Crippen molar-refractivity contribution in [3.63, 3.8) is 0 Å². The minimum Gasteiger partial charge on any atom is -0.507 e. The maximum atomic E-state index is 12.1. The van der Waals surface area contributed by atoms with Crippen LogP contribution in [0, 0.1) is 6.92 Å². The fourth-order valence-corrected chi connectivity index (χ4v) is 2.54. The molecule has 0 heterocycles. The lowest BCUT2D eigenvalue weighted by atomic mass is 10.1. The van der Waals surface area contributed by atoms with Gasteiger partial charge in [-0.1, -0.05) is 18.2 Å². The number of hydrogen-bond donors (Lipinski definition) is 3. The second kappa shape index (κ2) is 5.55. The number of nitrogens with one attached hydrogen (secondary N) is 1. The van der Waals surface area contributed by atoms with E-state index in [1.54, 1.807) is 19.1 Å². The molecule has 0 aromatic heterocycles. The van der Waals surface area contributed by atoms with Gasteiger partial charge in [-0.3, -0.25) is 4.79 Å². The zero-order chi connectivity index (χ0) is 15.6. The maximum absolute atomic E-state index is 12.1. The van der Waals surface area contributed by atoms with E-state index in [0.717, 1.165) is 5.56 Å². The quantitative estimate of drug-likeness (QED) is 0.800. The molecule has 2 rings (SSSR count). The molecule has 0 spiro atoms. The summed E-state index contributed by atoms with van der Waals surface area (Å²) in [5, 5.41) is 17.3. The highest BCUT2D eigenvalue weighted by Gasteiger charge is 2.17. The molecule has 0 aliphatic heterocycles. The van der Waals surface area contributed by atoms with Gasteiger partial charge < -0.3 is 10.4 Å². The van der Waals surface area contributed by atoms with Gasteiger partial charge in [0, 0.05) is 0 Å². The van der Waals surface area contributed by atoms with Crippen molar-refractivity contribution in [1.82, 2.24) is 0 Å². The Morgan fingerprint density at radius 2 is 1.86 bits per heavy atom. The molecule has 0 fully saturated rings. The molecule has 1 amide bonds. The average Bonchev–Trinajstić information content (AvgIpc) is 2.37. The SMILES string of the molecule is Cc1ccc(C(=O)Nc2ccccc2S(N)(=O)=O)c(O)c1. The second-order valence-corrected chi connectivity index (χ2v) is 6.05. The fraction of sp³-hybridized carbons (Fsp3) is 0.0714. The van der Waals surface area contributed by atoms with Gasteiger partial charge in [-0.25, -0.2) is 13.6 Å². The van der Waals surface area contributed by atoms with E-state index in [2.05, 4.69) is 5.32 Å². The van der Waals surface area contributed by atoms with Crippen LogP contribution in [0.4, 0.5) is 5.69 Å². The van der Waals surface area contributed by atoms with Crippen LogP contribution >= 0.6 is 0 Å². The van der Waals surface area contributed by atoms with E-state index in [-0.39, 0.29) is 21.9 Å². The van der Waals surface area contributed by atoms with Crippen molar-refractivity contribution in [2.75, 3.05) is 5.32 Å². The standard InChI is InChI=1S/C14H14N2O4S/c1-9-6-7-10(12(17)8-9)14(18)16-11-4-2-3-5-13(11)21(15,19)20/h2-8,17H,1H3,(H,16,18)(H2,15,19,20). The lowest BCUT2D eigenvalue weighted by Crippen LogP contribution is -2.18. The Labute approximate surface area is 122 Å². The van der Waals surface area contributed by atoms with E-state index in [1.165, 1.54) is 30.3 Å². The number of rotatable bonds is 3. The molecule has 0 radical (unpaired) electrons. The Bertz CT molecular complexity index is 800. The summed E-state index contributed by atoms with van der Waals surface area (Å²) < 4.78 is 22.9. The normalized spacial score (nSPS) is 11.1. The molecule has 0 unspecified atom stereocenters. The monoisotopic (exact) mass is 306 g/mol. The first-order valence-electron chi connectivity index (χ1n) is 6.02. The Morgan fingerprint density at radius 3 is 2.48 bits per heavy atom. The number of carbonyl (C=O) groups excluding carboxylic acids is 1. The van der Waals surface area contributed by atoms with Crippen LogP contribution in [0.15, 0.2) is 47.4 Å². The molecule has 0 saturated heterocycles. The summed E-state index contributed by atoms with van der Waals surface area (Å²) in [6.07, 6.45) is 0. The predicted octanol–water partition coefficient (Wildman–Crippen LogP) is 1.60. The van der Waals surface area contributed by atoms with Gasteiger partial charge in [0.15, 0.2) is 0 Å². The maximum Gasteiger partial charge on any atom is 0.259 e. The Morgan fingerprint density at radius 1 is 1.19 bits per heavy atom. The van der Waals surface area contributed by atoms with Crippen molar-refractivity contribution >= 4 is 21.6 Å². The minimum atomic E-state index is -3.96. The number of aryl methyl sites for hydroxylation is 1. The number of nitrogens with two attached hydrogens (primary N) is 1. The number of anilines is 1. The fourth-order valence-electron chi connectivity index (χ4n) is 1.84. The van der Waals surface area contributed by atoms with Gasteiger partial charge in [0.2, 0.25) is 10.0 Å². The molecule has 0 saturated carbocycles. The first-order valence-corrected chi connectivity index (χ1v) is 7.56. The number of benzene rings is 2. The molecule has 0 bridgehead atoms. The summed E-state index contributed by atoms with van der Waals surface area (Å²) in [6, 6.07) is 10.3. The van der Waals surface area contributed by atoms with E-state index in [1.807, 2.05) is 0 Å². The number of sulfonamides is 1. The molecule has 21 heavy (non-hydrogen) atoms. The summed E-state index contributed by atoms with van der Waals surface area (Å²) in [5.41, 5.74) is 0.906. The van der Waals surface area contributed by atoms with Gasteiger partial charge in [0.1, 0.15) is 10.6 Å². The first kappa shape index (κ1) is 15.0. The van der Waals surface area contributed by atoms with Crippen molar-refractivity contribution < 1.29 is 18.3 Å². The van der Waals surface area contributed by atoms with Crippen molar-refractivity contribution in [3.8, 4) is 5.75 Å². The van der Waals surface area contributed by atoms with Gasteiger partial charge in [0.25, 0.3) is 5.91 Å². The lowest BCUT2D eigenvalue weighted by Gasteiger charge is -2.10. The van der Waals surface area contributed by atoms with Gasteiger partial charge in [-0.05, 0) is 36.8 Å². The van der Waals surface area contributed by atoms with E-state index in [9.17, 15) is 18.3 Å². The van der Waals surface area contributed by atoms with E-state index in [0.29, 0.717) is 0 Å². The van der Waals surface area contributed by atoms with Crippen molar-refractivity contribution in [2.45, 2.75) is 11.8 Å². The van der Waals surface area contributed by atoms with Crippen LogP contribution < -0.4 is 10.5 Å². The van der Waals surface area contributed by atoms with Gasteiger partial charge in [0.05, 0.1) is 11.3 Å². The summed E-state index contributed by atoms with van der Waals surface area (Å²) in [6.45, 7) is 1.78. The molecule has 0 aliphatic rings. The predicted molar refractivity (Wildman–Crippen MR) is 78.6 cm³/mol. The minimum absolute atomic E-state index is 0.0461. The summed E-state index contributed by atoms with van der Waals surface area (Å²) in [5.74, 6) is -0.802. The average molecular weight is 306 g/mol. The number of amides is 1. The molecule has 6 nitrogen and oxygen atoms in total. The number of hydrogen-bond acceptors (Lipinski definition) is 4. The van der Waals surface area contributed by atoms with E-state index < -0.39 is 15.9 Å². The molecule has 110 valence electrons. The van der Waals surface area contributed by atoms with E-state index in [4.69, 9.17) is 5.14 Å². The highest BCUT2D eigenvalue weighted by Crippen LogP contribution is 2.23. The first-order chi connectivity index (χ1) is 9.79. The summed E-state index contributed by atoms with van der Waals surface area (Å²) >= 11 is 0. The third kappa shape index (κ3) is 3.39. The summed E-state index contributed by atoms with van der Waals surface area (Å²) in [4.78, 5) is 11.9. The number of aromatic hydroxyl groups is 1. The zero-order valence-corrected chi connectivity index (χ0v) is 12.0. The molecule has 2 aromatic carbocycles. The van der Waals surface area contributed by atoms with Crippen LogP contribution in [0.5, 0.6) is 5.75 Å². The Kier molecular flexibility index (Phi) is 3.97. The molecule has 0 aliphatic carbocycles. The van der Waals surface area contributed by atoms with Crippen molar-refractivity contribution in [2.24, 2.45) is 5.14 Å². The van der Waals surface area contributed by atoms with Gasteiger partial charge >= 0.3 is 0 Å². The molecule has 7 heteroatoms. The van der Waals surface area contributed by atoms with Crippen LogP contribution in [-0.4, -0.2) is 19.4 Å². The molecule has 2 aromatic rings. The van der Waals surface area contributed by atoms with Crippen molar-refractivity contribution in [1.29, 1.82) is 0 Å². The molecular weight excluding hydrogens is 292 g/mol. The van der Waals surface area contributed by atoms with E-state index >= 15 is 0 Å². The lowest BCUT2D eigenvalue weighted by molar-refractivity contribution is 0.102. The van der Waals surface area contributed by atoms with Gasteiger partial charge in [-0.15, -0.1) is 0 Å². The van der Waals surface area contributed by atoms with Crippen LogP contribution in [0.1, 0.15) is 15.9 Å². The highest BCUT2D eigenvalue weighted by molar-refractivity contribution is 7.89. The van der Waals surface area contributed by atoms with Crippen LogP contribution in [-0.2, 0) is 10.0 Å². The Balaban J connectivity index is 2.37. The molecule has 0 atom stereocenters. The molecular formula is C14H14N2O4S. The number of primary sulfonamides is 1. The largest absolute Gasteiger partial charge is 0.507 e. The van der Waals surface area contributed by atoms with Gasteiger partial charge in [-0.2, -0.15) is 0 Å². The topological polar surface area (TPSA) is 109 Å². The highest BCUT2D eigenvalue weighted by atomic mass is 32.2. The van der Waals surface area contributed by atoms with Crippen LogP contribution in [0.3, 0.4) is 0 Å². The van der Waals surface area contributed by atoms with Crippen molar-refractivity contribution in [3.05, 3.63) is 53.6 Å². The number of carbonyl (C=O) groups is 1.